The number of hydrogen-bond acceptors (Lipinski definition) is 5. The van der Waals surface area contributed by atoms with Crippen molar-refractivity contribution in [2.75, 3.05) is 37.6 Å². The topological polar surface area (TPSA) is 61.4 Å². The van der Waals surface area contributed by atoms with Gasteiger partial charge in [0.15, 0.2) is 0 Å². The Hall–Kier alpha value is -1.69. The number of hydrogen-bond donors (Lipinski definition) is 1. The Balaban J connectivity index is 1.70. The van der Waals surface area contributed by atoms with E-state index in [2.05, 4.69) is 34.0 Å². The molecule has 6 nitrogen and oxygen atoms in total. The van der Waals surface area contributed by atoms with Crippen molar-refractivity contribution in [1.82, 2.24) is 20.2 Å². The molecule has 1 aromatic heterocycles. The van der Waals surface area contributed by atoms with Crippen LogP contribution in [0.3, 0.4) is 0 Å². The molecule has 0 unspecified atom stereocenters. The van der Waals surface area contributed by atoms with Crippen LogP contribution in [0.15, 0.2) is 18.6 Å². The van der Waals surface area contributed by atoms with Gasteiger partial charge in [0.1, 0.15) is 5.82 Å². The maximum absolute atomic E-state index is 12.1. The molecule has 1 amide bonds. The van der Waals surface area contributed by atoms with Gasteiger partial charge in [-0.25, -0.2) is 4.98 Å². The molecule has 0 atom stereocenters. The van der Waals surface area contributed by atoms with E-state index in [0.717, 1.165) is 45.0 Å². The molecule has 0 saturated carbocycles. The van der Waals surface area contributed by atoms with Crippen molar-refractivity contribution in [2.24, 2.45) is 0 Å². The van der Waals surface area contributed by atoms with E-state index in [9.17, 15) is 4.79 Å². The standard InChI is InChI=1S/C15H25N5O/c1-13(2)17-5-3-4-15(21)20-10-8-19(9-11-20)14-12-16-6-7-18-14/h6-7,12-13,17H,3-5,8-11H2,1-2H3. The molecule has 1 aliphatic heterocycles. The predicted molar refractivity (Wildman–Crippen MR) is 83.2 cm³/mol. The summed E-state index contributed by atoms with van der Waals surface area (Å²) in [7, 11) is 0. The van der Waals surface area contributed by atoms with E-state index in [1.807, 2.05) is 4.90 Å². The van der Waals surface area contributed by atoms with Crippen LogP contribution in [0, 0.1) is 0 Å². The summed E-state index contributed by atoms with van der Waals surface area (Å²) in [6, 6.07) is 0.482. The summed E-state index contributed by atoms with van der Waals surface area (Å²) < 4.78 is 0. The lowest BCUT2D eigenvalue weighted by molar-refractivity contribution is -0.131. The van der Waals surface area contributed by atoms with E-state index >= 15 is 0 Å². The van der Waals surface area contributed by atoms with Gasteiger partial charge in [-0.1, -0.05) is 13.8 Å². The van der Waals surface area contributed by atoms with E-state index in [1.165, 1.54) is 0 Å². The lowest BCUT2D eigenvalue weighted by Crippen LogP contribution is -2.49. The highest BCUT2D eigenvalue weighted by molar-refractivity contribution is 5.76. The van der Waals surface area contributed by atoms with E-state index < -0.39 is 0 Å². The average molecular weight is 291 g/mol. The highest BCUT2D eigenvalue weighted by Crippen LogP contribution is 2.12. The Bertz CT molecular complexity index is 429. The van der Waals surface area contributed by atoms with Crippen LogP contribution in [0.25, 0.3) is 0 Å². The zero-order chi connectivity index (χ0) is 15.1. The van der Waals surface area contributed by atoms with Crippen LogP contribution < -0.4 is 10.2 Å². The van der Waals surface area contributed by atoms with Gasteiger partial charge >= 0.3 is 0 Å². The molecule has 2 heterocycles. The fourth-order valence-corrected chi connectivity index (χ4v) is 2.43. The molecule has 0 radical (unpaired) electrons. The zero-order valence-electron chi connectivity index (χ0n) is 13.0. The van der Waals surface area contributed by atoms with Gasteiger partial charge in [0.25, 0.3) is 0 Å². The number of aromatic nitrogens is 2. The SMILES string of the molecule is CC(C)NCCCC(=O)N1CCN(c2cnccn2)CC1. The summed E-state index contributed by atoms with van der Waals surface area (Å²) in [5, 5.41) is 3.34. The number of piperazine rings is 1. The third-order valence-corrected chi connectivity index (χ3v) is 3.63. The van der Waals surface area contributed by atoms with Gasteiger partial charge in [-0.2, -0.15) is 0 Å². The van der Waals surface area contributed by atoms with Crippen LogP contribution >= 0.6 is 0 Å². The second kappa shape index (κ2) is 7.93. The molecule has 1 aliphatic rings. The molecule has 0 aliphatic carbocycles. The molecule has 0 spiro atoms. The summed E-state index contributed by atoms with van der Waals surface area (Å²) in [5.74, 6) is 1.16. The van der Waals surface area contributed by atoms with E-state index in [-0.39, 0.29) is 5.91 Å². The molecule has 6 heteroatoms. The van der Waals surface area contributed by atoms with Gasteiger partial charge in [-0.05, 0) is 13.0 Å². The van der Waals surface area contributed by atoms with Crippen LogP contribution in [0.1, 0.15) is 26.7 Å². The van der Waals surface area contributed by atoms with Crippen molar-refractivity contribution in [1.29, 1.82) is 0 Å². The summed E-state index contributed by atoms with van der Waals surface area (Å²) in [6.45, 7) is 8.34. The highest BCUT2D eigenvalue weighted by atomic mass is 16.2. The van der Waals surface area contributed by atoms with Crippen LogP contribution in [0.4, 0.5) is 5.82 Å². The van der Waals surface area contributed by atoms with Crippen LogP contribution in [-0.4, -0.2) is 59.5 Å². The molecule has 0 bridgehead atoms. The maximum atomic E-state index is 12.1. The first kappa shape index (κ1) is 15.7. The van der Waals surface area contributed by atoms with Crippen molar-refractivity contribution >= 4 is 11.7 Å². The van der Waals surface area contributed by atoms with Crippen molar-refractivity contribution in [3.63, 3.8) is 0 Å². The number of amides is 1. The van der Waals surface area contributed by atoms with Gasteiger partial charge in [0.2, 0.25) is 5.91 Å². The first-order chi connectivity index (χ1) is 10.2. The largest absolute Gasteiger partial charge is 0.352 e. The molecule has 0 aromatic carbocycles. The van der Waals surface area contributed by atoms with E-state index in [0.29, 0.717) is 12.5 Å². The number of carbonyl (C=O) groups is 1. The van der Waals surface area contributed by atoms with Crippen molar-refractivity contribution in [2.45, 2.75) is 32.7 Å². The highest BCUT2D eigenvalue weighted by Gasteiger charge is 2.21. The van der Waals surface area contributed by atoms with Crippen LogP contribution in [0.2, 0.25) is 0 Å². The quantitative estimate of drug-likeness (QED) is 0.789. The van der Waals surface area contributed by atoms with Crippen LogP contribution in [0.5, 0.6) is 0 Å². The lowest BCUT2D eigenvalue weighted by atomic mass is 10.2. The zero-order valence-corrected chi connectivity index (χ0v) is 13.0. The number of anilines is 1. The number of nitrogens with zero attached hydrogens (tertiary/aromatic N) is 4. The molecule has 2 rings (SSSR count). The van der Waals surface area contributed by atoms with Crippen molar-refractivity contribution < 1.29 is 4.79 Å². The number of nitrogens with one attached hydrogen (secondary N) is 1. The summed E-state index contributed by atoms with van der Waals surface area (Å²) in [4.78, 5) is 24.7. The molecule has 1 aromatic rings. The van der Waals surface area contributed by atoms with Gasteiger partial charge in [-0.15, -0.1) is 0 Å². The minimum Gasteiger partial charge on any atom is -0.352 e. The summed E-state index contributed by atoms with van der Waals surface area (Å²) in [6.07, 6.45) is 6.68. The first-order valence-electron chi connectivity index (χ1n) is 7.69. The number of carbonyl (C=O) groups excluding carboxylic acids is 1. The average Bonchev–Trinajstić information content (AvgIpc) is 2.52. The Morgan fingerprint density at radius 1 is 1.29 bits per heavy atom. The normalized spacial score (nSPS) is 15.6. The fraction of sp³-hybridized carbons (Fsp3) is 0.667. The maximum Gasteiger partial charge on any atom is 0.222 e. The Labute approximate surface area is 126 Å². The molecule has 1 N–H and O–H groups in total. The summed E-state index contributed by atoms with van der Waals surface area (Å²) >= 11 is 0. The molecule has 21 heavy (non-hydrogen) atoms. The minimum absolute atomic E-state index is 0.263. The lowest BCUT2D eigenvalue weighted by Gasteiger charge is -2.35. The van der Waals surface area contributed by atoms with Crippen molar-refractivity contribution in [3.05, 3.63) is 18.6 Å². The molecule has 1 fully saturated rings. The first-order valence-corrected chi connectivity index (χ1v) is 7.69. The second-order valence-corrected chi connectivity index (χ2v) is 5.64. The Morgan fingerprint density at radius 3 is 2.67 bits per heavy atom. The minimum atomic E-state index is 0.263. The molecular weight excluding hydrogens is 266 g/mol. The van der Waals surface area contributed by atoms with Gasteiger partial charge in [0, 0.05) is 51.0 Å². The monoisotopic (exact) mass is 291 g/mol. The van der Waals surface area contributed by atoms with Gasteiger partial charge in [0.05, 0.1) is 6.20 Å². The van der Waals surface area contributed by atoms with Gasteiger partial charge in [-0.3, -0.25) is 9.78 Å². The Kier molecular flexibility index (Phi) is 5.92. The third kappa shape index (κ3) is 4.97. The Morgan fingerprint density at radius 2 is 2.05 bits per heavy atom. The van der Waals surface area contributed by atoms with E-state index in [4.69, 9.17) is 0 Å². The fourth-order valence-electron chi connectivity index (χ4n) is 2.43. The molecular formula is C15H25N5O. The summed E-state index contributed by atoms with van der Waals surface area (Å²) in [5.41, 5.74) is 0. The molecule has 1 saturated heterocycles. The van der Waals surface area contributed by atoms with Gasteiger partial charge < -0.3 is 15.1 Å². The smallest absolute Gasteiger partial charge is 0.222 e. The molecule has 116 valence electrons. The van der Waals surface area contributed by atoms with E-state index in [1.54, 1.807) is 18.6 Å². The van der Waals surface area contributed by atoms with Crippen LogP contribution in [-0.2, 0) is 4.79 Å². The van der Waals surface area contributed by atoms with Crippen molar-refractivity contribution in [3.8, 4) is 0 Å². The second-order valence-electron chi connectivity index (χ2n) is 5.64. The predicted octanol–water partition coefficient (Wildman–Crippen LogP) is 0.903. The number of rotatable bonds is 6. The third-order valence-electron chi connectivity index (χ3n) is 3.63.